The molecule has 5 heteroatoms. The first-order chi connectivity index (χ1) is 6.43. The molecule has 0 saturated heterocycles. The first-order valence-electron chi connectivity index (χ1n) is 3.84. The summed E-state index contributed by atoms with van der Waals surface area (Å²) in [6.45, 7) is 1.34. The summed E-state index contributed by atoms with van der Waals surface area (Å²) in [6.07, 6.45) is 0. The molecular formula is C9H8ClFO3. The van der Waals surface area contributed by atoms with Crippen LogP contribution in [0.4, 0.5) is 4.39 Å². The number of hydrogen-bond acceptors (Lipinski definition) is 2. The minimum atomic E-state index is -1.15. The first kappa shape index (κ1) is 10.8. The quantitative estimate of drug-likeness (QED) is 0.801. The van der Waals surface area contributed by atoms with Gasteiger partial charge in [-0.3, -0.25) is 4.79 Å². The van der Waals surface area contributed by atoms with Crippen molar-refractivity contribution >= 4 is 17.6 Å². The number of aromatic hydroxyl groups is 1. The Hall–Kier alpha value is -1.29. The van der Waals surface area contributed by atoms with Gasteiger partial charge >= 0.3 is 5.97 Å². The van der Waals surface area contributed by atoms with E-state index in [0.717, 1.165) is 6.07 Å². The van der Waals surface area contributed by atoms with Crippen LogP contribution in [-0.4, -0.2) is 16.2 Å². The van der Waals surface area contributed by atoms with Crippen LogP contribution in [0.15, 0.2) is 12.1 Å². The van der Waals surface area contributed by atoms with Crippen molar-refractivity contribution in [3.05, 3.63) is 28.5 Å². The normalized spacial score (nSPS) is 12.5. The Morgan fingerprint density at radius 3 is 2.64 bits per heavy atom. The lowest BCUT2D eigenvalue weighted by atomic mass is 10.0. The van der Waals surface area contributed by atoms with E-state index >= 15 is 0 Å². The van der Waals surface area contributed by atoms with Crippen LogP contribution in [0.1, 0.15) is 18.4 Å². The highest BCUT2D eigenvalue weighted by atomic mass is 35.5. The summed E-state index contributed by atoms with van der Waals surface area (Å²) in [4.78, 5) is 10.6. The zero-order valence-corrected chi connectivity index (χ0v) is 8.05. The Kier molecular flexibility index (Phi) is 2.96. The summed E-state index contributed by atoms with van der Waals surface area (Å²) in [7, 11) is 0. The summed E-state index contributed by atoms with van der Waals surface area (Å²) in [5.41, 5.74) is -0.0255. The molecule has 1 unspecified atom stereocenters. The Labute approximate surface area is 84.7 Å². The van der Waals surface area contributed by atoms with Gasteiger partial charge in [0.25, 0.3) is 0 Å². The number of carbonyl (C=O) groups is 1. The van der Waals surface area contributed by atoms with Crippen molar-refractivity contribution in [2.24, 2.45) is 0 Å². The Bertz CT molecular complexity index is 379. The first-order valence-corrected chi connectivity index (χ1v) is 4.22. The molecule has 0 radical (unpaired) electrons. The maximum absolute atomic E-state index is 12.9. The van der Waals surface area contributed by atoms with Crippen LogP contribution in [0, 0.1) is 5.82 Å². The Morgan fingerprint density at radius 1 is 1.57 bits per heavy atom. The lowest BCUT2D eigenvalue weighted by Crippen LogP contribution is -2.08. The summed E-state index contributed by atoms with van der Waals surface area (Å²) in [5, 5.41) is 18.0. The predicted octanol–water partition coefficient (Wildman–Crippen LogP) is 2.37. The van der Waals surface area contributed by atoms with Crippen molar-refractivity contribution in [1.82, 2.24) is 0 Å². The molecule has 0 aromatic heterocycles. The van der Waals surface area contributed by atoms with E-state index in [9.17, 15) is 14.3 Å². The Balaban J connectivity index is 3.26. The highest BCUT2D eigenvalue weighted by molar-refractivity contribution is 6.30. The molecule has 0 aliphatic rings. The molecule has 0 heterocycles. The van der Waals surface area contributed by atoms with Gasteiger partial charge in [0.1, 0.15) is 0 Å². The second-order valence-electron chi connectivity index (χ2n) is 2.89. The molecule has 0 amide bonds. The SMILES string of the molecule is CC(C(=O)O)c1cc(Cl)cc(F)c1O. The van der Waals surface area contributed by atoms with Crippen LogP contribution in [0.5, 0.6) is 5.75 Å². The number of benzene rings is 1. The van der Waals surface area contributed by atoms with Gasteiger partial charge in [-0.25, -0.2) is 4.39 Å². The number of hydrogen-bond donors (Lipinski definition) is 2. The molecule has 0 fully saturated rings. The highest BCUT2D eigenvalue weighted by Crippen LogP contribution is 2.31. The fourth-order valence-electron chi connectivity index (χ4n) is 1.05. The molecule has 1 aromatic rings. The summed E-state index contributed by atoms with van der Waals surface area (Å²) >= 11 is 5.53. The highest BCUT2D eigenvalue weighted by Gasteiger charge is 2.20. The average Bonchev–Trinajstić information content (AvgIpc) is 2.09. The zero-order chi connectivity index (χ0) is 10.9. The van der Waals surface area contributed by atoms with Crippen LogP contribution >= 0.6 is 11.6 Å². The second kappa shape index (κ2) is 3.84. The van der Waals surface area contributed by atoms with E-state index < -0.39 is 23.5 Å². The number of carboxylic acids is 1. The molecule has 0 aliphatic carbocycles. The monoisotopic (exact) mass is 218 g/mol. The van der Waals surface area contributed by atoms with Crippen LogP contribution in [0.3, 0.4) is 0 Å². The van der Waals surface area contributed by atoms with Crippen LogP contribution in [0.25, 0.3) is 0 Å². The van der Waals surface area contributed by atoms with Gasteiger partial charge in [0.05, 0.1) is 5.92 Å². The van der Waals surface area contributed by atoms with Gasteiger partial charge in [0, 0.05) is 10.6 Å². The van der Waals surface area contributed by atoms with E-state index in [0.29, 0.717) is 0 Å². The van der Waals surface area contributed by atoms with Gasteiger partial charge in [0.15, 0.2) is 11.6 Å². The smallest absolute Gasteiger partial charge is 0.310 e. The van der Waals surface area contributed by atoms with Gasteiger partial charge in [-0.1, -0.05) is 11.6 Å². The predicted molar refractivity (Wildman–Crippen MR) is 49.1 cm³/mol. The fourth-order valence-corrected chi connectivity index (χ4v) is 1.26. The van der Waals surface area contributed by atoms with Crippen molar-refractivity contribution in [3.8, 4) is 5.75 Å². The largest absolute Gasteiger partial charge is 0.505 e. The van der Waals surface area contributed by atoms with E-state index in [1.807, 2.05) is 0 Å². The van der Waals surface area contributed by atoms with E-state index in [-0.39, 0.29) is 10.6 Å². The van der Waals surface area contributed by atoms with Crippen LogP contribution < -0.4 is 0 Å². The molecule has 76 valence electrons. The van der Waals surface area contributed by atoms with Crippen molar-refractivity contribution in [2.45, 2.75) is 12.8 Å². The van der Waals surface area contributed by atoms with Crippen LogP contribution in [-0.2, 0) is 4.79 Å². The number of phenols is 1. The fraction of sp³-hybridized carbons (Fsp3) is 0.222. The number of halogens is 2. The number of rotatable bonds is 2. The summed E-state index contributed by atoms with van der Waals surface area (Å²) in [6, 6.07) is 2.16. The van der Waals surface area contributed by atoms with E-state index in [1.165, 1.54) is 13.0 Å². The minimum Gasteiger partial charge on any atom is -0.505 e. The molecule has 0 spiro atoms. The van der Waals surface area contributed by atoms with Gasteiger partial charge in [-0.15, -0.1) is 0 Å². The van der Waals surface area contributed by atoms with Gasteiger partial charge in [-0.2, -0.15) is 0 Å². The van der Waals surface area contributed by atoms with Crippen molar-refractivity contribution in [1.29, 1.82) is 0 Å². The topological polar surface area (TPSA) is 57.5 Å². The van der Waals surface area contributed by atoms with E-state index in [1.54, 1.807) is 0 Å². The second-order valence-corrected chi connectivity index (χ2v) is 3.32. The van der Waals surface area contributed by atoms with Crippen molar-refractivity contribution in [3.63, 3.8) is 0 Å². The molecular weight excluding hydrogens is 211 g/mol. The molecule has 14 heavy (non-hydrogen) atoms. The van der Waals surface area contributed by atoms with Crippen LogP contribution in [0.2, 0.25) is 5.02 Å². The van der Waals surface area contributed by atoms with Crippen molar-refractivity contribution in [2.75, 3.05) is 0 Å². The molecule has 3 nitrogen and oxygen atoms in total. The van der Waals surface area contributed by atoms with Gasteiger partial charge in [-0.05, 0) is 19.1 Å². The lowest BCUT2D eigenvalue weighted by molar-refractivity contribution is -0.138. The standard InChI is InChI=1S/C9H8ClFO3/c1-4(9(13)14)6-2-5(10)3-7(11)8(6)12/h2-4,12H,1H3,(H,13,14). The molecule has 1 rings (SSSR count). The lowest BCUT2D eigenvalue weighted by Gasteiger charge is -2.09. The third-order valence-corrected chi connectivity index (χ3v) is 2.11. The zero-order valence-electron chi connectivity index (χ0n) is 7.29. The molecule has 0 saturated carbocycles. The third-order valence-electron chi connectivity index (χ3n) is 1.89. The number of carboxylic acid groups (broad SMARTS) is 1. The average molecular weight is 219 g/mol. The molecule has 0 aliphatic heterocycles. The Morgan fingerprint density at radius 2 is 2.14 bits per heavy atom. The third kappa shape index (κ3) is 1.96. The van der Waals surface area contributed by atoms with Crippen molar-refractivity contribution < 1.29 is 19.4 Å². The molecule has 2 N–H and O–H groups in total. The summed E-state index contributed by atoms with van der Waals surface area (Å²) < 4.78 is 12.9. The maximum Gasteiger partial charge on any atom is 0.310 e. The number of phenolic OH excluding ortho intramolecular Hbond substituents is 1. The minimum absolute atomic E-state index is 0.0255. The van der Waals surface area contributed by atoms with E-state index in [2.05, 4.69) is 0 Å². The summed E-state index contributed by atoms with van der Waals surface area (Å²) in [5.74, 6) is -3.73. The molecule has 0 bridgehead atoms. The van der Waals surface area contributed by atoms with Gasteiger partial charge < -0.3 is 10.2 Å². The maximum atomic E-state index is 12.9. The number of aliphatic carboxylic acids is 1. The molecule has 1 atom stereocenters. The van der Waals surface area contributed by atoms with E-state index in [4.69, 9.17) is 16.7 Å². The molecule has 1 aromatic carbocycles. The van der Waals surface area contributed by atoms with Gasteiger partial charge in [0.2, 0.25) is 0 Å².